The van der Waals surface area contributed by atoms with E-state index in [2.05, 4.69) is 46.0 Å². The Kier molecular flexibility index (Phi) is 6.92. The lowest BCUT2D eigenvalue weighted by molar-refractivity contribution is 0.112. The van der Waals surface area contributed by atoms with E-state index in [0.717, 1.165) is 42.8 Å². The van der Waals surface area contributed by atoms with Crippen molar-refractivity contribution in [3.05, 3.63) is 59.9 Å². The summed E-state index contributed by atoms with van der Waals surface area (Å²) < 4.78 is 2.00. The van der Waals surface area contributed by atoms with Gasteiger partial charge in [-0.2, -0.15) is 0 Å². The standard InChI is InChI=1S/C25H32N4O/c1-2-3-4-5-11-27-12-14-28(15-13-27)18-21-7-6-8-23(16-21)24-17-26-25-10-9-22(20-30)19-29(24)25/h6-10,16-17,19-20H,2-5,11-15,18H2,1H3. The summed E-state index contributed by atoms with van der Waals surface area (Å²) in [4.78, 5) is 20.8. The van der Waals surface area contributed by atoms with Gasteiger partial charge in [-0.15, -0.1) is 0 Å². The van der Waals surface area contributed by atoms with Crippen LogP contribution in [0.2, 0.25) is 0 Å². The monoisotopic (exact) mass is 404 g/mol. The number of rotatable bonds is 9. The minimum absolute atomic E-state index is 0.658. The minimum atomic E-state index is 0.658. The van der Waals surface area contributed by atoms with Crippen LogP contribution in [0.25, 0.3) is 16.9 Å². The molecule has 0 N–H and O–H groups in total. The van der Waals surface area contributed by atoms with Gasteiger partial charge in [0.05, 0.1) is 11.9 Å². The number of hydrogen-bond donors (Lipinski definition) is 0. The second-order valence-corrected chi connectivity index (χ2v) is 8.33. The Morgan fingerprint density at radius 1 is 1.00 bits per heavy atom. The molecule has 1 aromatic carbocycles. The van der Waals surface area contributed by atoms with Gasteiger partial charge in [0.2, 0.25) is 0 Å². The lowest BCUT2D eigenvalue weighted by atomic mass is 10.1. The summed E-state index contributed by atoms with van der Waals surface area (Å²) in [5, 5.41) is 0. The van der Waals surface area contributed by atoms with Crippen molar-refractivity contribution in [2.45, 2.75) is 39.2 Å². The maximum Gasteiger partial charge on any atom is 0.151 e. The van der Waals surface area contributed by atoms with Crippen LogP contribution in [0.5, 0.6) is 0 Å². The van der Waals surface area contributed by atoms with Crippen molar-refractivity contribution in [3.8, 4) is 11.3 Å². The summed E-state index contributed by atoms with van der Waals surface area (Å²) in [7, 11) is 0. The smallest absolute Gasteiger partial charge is 0.151 e. The second kappa shape index (κ2) is 10.0. The van der Waals surface area contributed by atoms with E-state index in [-0.39, 0.29) is 0 Å². The molecule has 0 spiro atoms. The third-order valence-electron chi connectivity index (χ3n) is 6.09. The number of carbonyl (C=O) groups is 1. The van der Waals surface area contributed by atoms with Crippen LogP contribution in [0, 0.1) is 0 Å². The van der Waals surface area contributed by atoms with Gasteiger partial charge in [-0.1, -0.05) is 44.4 Å². The number of unbranched alkanes of at least 4 members (excludes halogenated alkanes) is 3. The molecular weight excluding hydrogens is 372 g/mol. The van der Waals surface area contributed by atoms with Crippen LogP contribution >= 0.6 is 0 Å². The molecule has 5 nitrogen and oxygen atoms in total. The van der Waals surface area contributed by atoms with E-state index in [1.807, 2.05) is 22.9 Å². The number of nitrogens with zero attached hydrogens (tertiary/aromatic N) is 4. The first-order valence-corrected chi connectivity index (χ1v) is 11.2. The summed E-state index contributed by atoms with van der Waals surface area (Å²) in [6, 6.07) is 12.4. The molecule has 158 valence electrons. The van der Waals surface area contributed by atoms with Crippen LogP contribution in [0.4, 0.5) is 0 Å². The molecule has 0 bridgehead atoms. The van der Waals surface area contributed by atoms with Gasteiger partial charge in [0.15, 0.2) is 6.29 Å². The highest BCUT2D eigenvalue weighted by Crippen LogP contribution is 2.23. The molecule has 3 aromatic rings. The van der Waals surface area contributed by atoms with Gasteiger partial charge < -0.3 is 4.90 Å². The summed E-state index contributed by atoms with van der Waals surface area (Å²) in [6.07, 6.45) is 9.99. The van der Waals surface area contributed by atoms with Crippen molar-refractivity contribution >= 4 is 11.9 Å². The Bertz CT molecular complexity index is 972. The molecule has 0 atom stereocenters. The Balaban J connectivity index is 1.39. The van der Waals surface area contributed by atoms with Gasteiger partial charge in [-0.3, -0.25) is 14.1 Å². The van der Waals surface area contributed by atoms with E-state index in [1.165, 1.54) is 50.9 Å². The van der Waals surface area contributed by atoms with Crippen molar-refractivity contribution in [2.75, 3.05) is 32.7 Å². The van der Waals surface area contributed by atoms with E-state index in [9.17, 15) is 4.79 Å². The number of pyridine rings is 1. The van der Waals surface area contributed by atoms with Crippen molar-refractivity contribution in [1.82, 2.24) is 19.2 Å². The quantitative estimate of drug-likeness (QED) is 0.389. The summed E-state index contributed by atoms with van der Waals surface area (Å²) in [5.74, 6) is 0. The number of piperazine rings is 1. The normalized spacial score (nSPS) is 15.6. The van der Waals surface area contributed by atoms with Crippen LogP contribution in [0.3, 0.4) is 0 Å². The first-order chi connectivity index (χ1) is 14.8. The van der Waals surface area contributed by atoms with Crippen LogP contribution in [0.1, 0.15) is 48.5 Å². The molecule has 0 radical (unpaired) electrons. The zero-order valence-electron chi connectivity index (χ0n) is 18.0. The number of benzene rings is 1. The molecule has 3 heterocycles. The van der Waals surface area contributed by atoms with Gasteiger partial charge in [0.1, 0.15) is 5.65 Å². The molecule has 0 aliphatic carbocycles. The lowest BCUT2D eigenvalue weighted by Crippen LogP contribution is -2.46. The minimum Gasteiger partial charge on any atom is -0.301 e. The molecule has 2 aromatic heterocycles. The molecule has 1 fully saturated rings. The van der Waals surface area contributed by atoms with Crippen molar-refractivity contribution < 1.29 is 4.79 Å². The van der Waals surface area contributed by atoms with Gasteiger partial charge in [-0.05, 0) is 36.7 Å². The fourth-order valence-electron chi connectivity index (χ4n) is 4.30. The van der Waals surface area contributed by atoms with Crippen molar-refractivity contribution in [2.24, 2.45) is 0 Å². The Morgan fingerprint density at radius 2 is 1.83 bits per heavy atom. The lowest BCUT2D eigenvalue weighted by Gasteiger charge is -2.34. The Labute approximate surface area is 179 Å². The molecule has 0 amide bonds. The Morgan fingerprint density at radius 3 is 2.63 bits per heavy atom. The first kappa shape index (κ1) is 20.8. The number of fused-ring (bicyclic) bond motifs is 1. The van der Waals surface area contributed by atoms with Gasteiger partial charge in [0.25, 0.3) is 0 Å². The summed E-state index contributed by atoms with van der Waals surface area (Å²) in [6.45, 7) is 9.12. The largest absolute Gasteiger partial charge is 0.301 e. The van der Waals surface area contributed by atoms with Crippen LogP contribution in [-0.4, -0.2) is 58.2 Å². The van der Waals surface area contributed by atoms with Crippen LogP contribution in [-0.2, 0) is 6.54 Å². The molecule has 1 saturated heterocycles. The zero-order chi connectivity index (χ0) is 20.8. The van der Waals surface area contributed by atoms with E-state index in [4.69, 9.17) is 0 Å². The summed E-state index contributed by atoms with van der Waals surface area (Å²) in [5.41, 5.74) is 5.00. The molecule has 4 rings (SSSR count). The van der Waals surface area contributed by atoms with E-state index in [0.29, 0.717) is 5.56 Å². The van der Waals surface area contributed by atoms with Crippen molar-refractivity contribution in [3.63, 3.8) is 0 Å². The van der Waals surface area contributed by atoms with Gasteiger partial charge >= 0.3 is 0 Å². The van der Waals surface area contributed by atoms with E-state index in [1.54, 1.807) is 6.07 Å². The van der Waals surface area contributed by atoms with Crippen molar-refractivity contribution in [1.29, 1.82) is 0 Å². The summed E-state index contributed by atoms with van der Waals surface area (Å²) >= 11 is 0. The molecule has 1 aliphatic heterocycles. The molecule has 1 aliphatic rings. The van der Waals surface area contributed by atoms with E-state index < -0.39 is 0 Å². The fourth-order valence-corrected chi connectivity index (χ4v) is 4.30. The molecule has 0 unspecified atom stereocenters. The van der Waals surface area contributed by atoms with Gasteiger partial charge in [-0.25, -0.2) is 4.98 Å². The molecule has 5 heteroatoms. The van der Waals surface area contributed by atoms with Crippen LogP contribution < -0.4 is 0 Å². The van der Waals surface area contributed by atoms with Gasteiger partial charge in [0, 0.05) is 50.0 Å². The molecule has 30 heavy (non-hydrogen) atoms. The first-order valence-electron chi connectivity index (χ1n) is 11.2. The fraction of sp³-hybridized carbons (Fsp3) is 0.440. The molecule has 0 saturated carbocycles. The topological polar surface area (TPSA) is 40.8 Å². The average Bonchev–Trinajstić information content (AvgIpc) is 3.21. The number of hydrogen-bond acceptors (Lipinski definition) is 4. The number of aldehydes is 1. The van der Waals surface area contributed by atoms with Crippen LogP contribution in [0.15, 0.2) is 48.8 Å². The number of aromatic nitrogens is 2. The predicted octanol–water partition coefficient (Wildman–Crippen LogP) is 4.51. The highest BCUT2D eigenvalue weighted by atomic mass is 16.1. The number of carbonyl (C=O) groups excluding carboxylic acids is 1. The second-order valence-electron chi connectivity index (χ2n) is 8.33. The predicted molar refractivity (Wildman–Crippen MR) is 122 cm³/mol. The SMILES string of the molecule is CCCCCCN1CCN(Cc2cccc(-c3cnc4ccc(C=O)cn34)c2)CC1. The maximum atomic E-state index is 11.2. The zero-order valence-corrected chi connectivity index (χ0v) is 18.0. The highest BCUT2D eigenvalue weighted by molar-refractivity contribution is 5.76. The highest BCUT2D eigenvalue weighted by Gasteiger charge is 2.17. The Hall–Kier alpha value is -2.50. The third kappa shape index (κ3) is 4.97. The third-order valence-corrected chi connectivity index (χ3v) is 6.09. The molecular formula is C25H32N4O. The average molecular weight is 405 g/mol. The van der Waals surface area contributed by atoms with E-state index >= 15 is 0 Å². The maximum absolute atomic E-state index is 11.2. The number of imidazole rings is 1.